The SMILES string of the molecule is CCn1cnc2ncn(OCc3ccccc3)c(=N)c21. The monoisotopic (exact) mass is 269 g/mol. The fourth-order valence-electron chi connectivity index (χ4n) is 2.03. The molecule has 0 spiro atoms. The Labute approximate surface area is 115 Å². The van der Waals surface area contributed by atoms with E-state index in [-0.39, 0.29) is 5.49 Å². The van der Waals surface area contributed by atoms with Crippen molar-refractivity contribution in [3.8, 4) is 0 Å². The van der Waals surface area contributed by atoms with Crippen LogP contribution in [0.5, 0.6) is 0 Å². The first-order valence-electron chi connectivity index (χ1n) is 6.44. The maximum atomic E-state index is 8.20. The Hall–Kier alpha value is -2.63. The molecule has 2 heterocycles. The summed E-state index contributed by atoms with van der Waals surface area (Å²) in [4.78, 5) is 14.0. The van der Waals surface area contributed by atoms with Crippen LogP contribution in [-0.4, -0.2) is 19.3 Å². The third kappa shape index (κ3) is 2.16. The van der Waals surface area contributed by atoms with Crippen LogP contribution in [0.15, 0.2) is 43.0 Å². The van der Waals surface area contributed by atoms with Crippen LogP contribution >= 0.6 is 0 Å². The van der Waals surface area contributed by atoms with Crippen LogP contribution < -0.4 is 10.3 Å². The first-order valence-corrected chi connectivity index (χ1v) is 6.44. The van der Waals surface area contributed by atoms with E-state index in [1.807, 2.05) is 41.8 Å². The summed E-state index contributed by atoms with van der Waals surface area (Å²) in [7, 11) is 0. The normalized spacial score (nSPS) is 10.8. The summed E-state index contributed by atoms with van der Waals surface area (Å²) in [5.41, 5.74) is 2.55. The van der Waals surface area contributed by atoms with E-state index in [0.29, 0.717) is 17.8 Å². The van der Waals surface area contributed by atoms with Crippen molar-refractivity contribution >= 4 is 11.2 Å². The number of aryl methyl sites for hydroxylation is 1. The summed E-state index contributed by atoms with van der Waals surface area (Å²) in [5.74, 6) is 0. The molecular weight excluding hydrogens is 254 g/mol. The van der Waals surface area contributed by atoms with Crippen molar-refractivity contribution in [2.45, 2.75) is 20.1 Å². The van der Waals surface area contributed by atoms with Gasteiger partial charge in [-0.2, -0.15) is 4.73 Å². The largest absolute Gasteiger partial charge is 0.406 e. The molecule has 3 aromatic rings. The van der Waals surface area contributed by atoms with Crippen LogP contribution in [0.25, 0.3) is 11.2 Å². The molecule has 0 saturated heterocycles. The fraction of sp³-hybridized carbons (Fsp3) is 0.214. The molecule has 0 unspecified atom stereocenters. The number of hydrogen-bond donors (Lipinski definition) is 1. The zero-order chi connectivity index (χ0) is 13.9. The van der Waals surface area contributed by atoms with Gasteiger partial charge in [0.15, 0.2) is 11.1 Å². The molecule has 3 rings (SSSR count). The molecule has 0 aliphatic carbocycles. The molecule has 20 heavy (non-hydrogen) atoms. The second-order valence-corrected chi connectivity index (χ2v) is 4.38. The predicted molar refractivity (Wildman–Crippen MR) is 73.8 cm³/mol. The number of nitrogens with one attached hydrogen (secondary N) is 1. The topological polar surface area (TPSA) is 68.7 Å². The average molecular weight is 269 g/mol. The number of fused-ring (bicyclic) bond motifs is 1. The maximum absolute atomic E-state index is 8.20. The van der Waals surface area contributed by atoms with Gasteiger partial charge in [-0.1, -0.05) is 30.3 Å². The van der Waals surface area contributed by atoms with E-state index in [9.17, 15) is 0 Å². The Morgan fingerprint density at radius 2 is 1.90 bits per heavy atom. The van der Waals surface area contributed by atoms with Gasteiger partial charge in [0, 0.05) is 6.54 Å². The first kappa shape index (κ1) is 12.4. The lowest BCUT2D eigenvalue weighted by Gasteiger charge is -2.09. The lowest BCUT2D eigenvalue weighted by molar-refractivity contribution is 0.0849. The van der Waals surface area contributed by atoms with Gasteiger partial charge < -0.3 is 9.40 Å². The summed E-state index contributed by atoms with van der Waals surface area (Å²) >= 11 is 0. The van der Waals surface area contributed by atoms with Crippen molar-refractivity contribution < 1.29 is 4.84 Å². The molecular formula is C14H15N5O. The molecule has 0 fully saturated rings. The molecule has 2 aromatic heterocycles. The third-order valence-electron chi connectivity index (χ3n) is 3.10. The summed E-state index contributed by atoms with van der Waals surface area (Å²) in [5, 5.41) is 8.20. The number of imidazole rings is 1. The van der Waals surface area contributed by atoms with Gasteiger partial charge in [0.2, 0.25) is 0 Å². The Kier molecular flexibility index (Phi) is 3.20. The van der Waals surface area contributed by atoms with Gasteiger partial charge in [-0.3, -0.25) is 5.41 Å². The zero-order valence-electron chi connectivity index (χ0n) is 11.2. The Morgan fingerprint density at radius 1 is 1.15 bits per heavy atom. The number of rotatable bonds is 4. The molecule has 0 atom stereocenters. The van der Waals surface area contributed by atoms with Crippen molar-refractivity contribution in [3.05, 3.63) is 54.0 Å². The van der Waals surface area contributed by atoms with Crippen molar-refractivity contribution in [2.75, 3.05) is 0 Å². The van der Waals surface area contributed by atoms with Crippen LogP contribution in [0.1, 0.15) is 12.5 Å². The second-order valence-electron chi connectivity index (χ2n) is 4.38. The average Bonchev–Trinajstić information content (AvgIpc) is 2.91. The van der Waals surface area contributed by atoms with Gasteiger partial charge in [-0.25, -0.2) is 9.97 Å². The van der Waals surface area contributed by atoms with E-state index >= 15 is 0 Å². The zero-order valence-corrected chi connectivity index (χ0v) is 11.2. The quantitative estimate of drug-likeness (QED) is 0.777. The minimum atomic E-state index is 0.255. The van der Waals surface area contributed by atoms with Gasteiger partial charge in [-0.15, -0.1) is 0 Å². The predicted octanol–water partition coefficient (Wildman–Crippen LogP) is 1.36. The highest BCUT2D eigenvalue weighted by Gasteiger charge is 2.08. The van der Waals surface area contributed by atoms with E-state index in [2.05, 4.69) is 9.97 Å². The smallest absolute Gasteiger partial charge is 0.190 e. The molecule has 1 aromatic carbocycles. The molecule has 0 aliphatic heterocycles. The molecule has 0 amide bonds. The summed E-state index contributed by atoms with van der Waals surface area (Å²) < 4.78 is 3.26. The standard InChI is InChI=1S/C14H15N5O/c1-2-18-9-16-14-12(18)13(15)19(10-17-14)20-8-11-6-4-3-5-7-11/h3-7,9-10,15H,2,8H2,1H3. The second kappa shape index (κ2) is 5.16. The van der Waals surface area contributed by atoms with E-state index in [1.165, 1.54) is 11.1 Å². The molecule has 0 aliphatic rings. The lowest BCUT2D eigenvalue weighted by Crippen LogP contribution is -2.28. The van der Waals surface area contributed by atoms with E-state index in [1.54, 1.807) is 6.33 Å². The van der Waals surface area contributed by atoms with Crippen LogP contribution in [-0.2, 0) is 13.2 Å². The van der Waals surface area contributed by atoms with E-state index in [4.69, 9.17) is 10.2 Å². The fourth-order valence-corrected chi connectivity index (χ4v) is 2.03. The van der Waals surface area contributed by atoms with E-state index in [0.717, 1.165) is 12.1 Å². The number of benzene rings is 1. The summed E-state index contributed by atoms with van der Waals surface area (Å²) in [6.45, 7) is 3.14. The van der Waals surface area contributed by atoms with Crippen LogP contribution in [0.4, 0.5) is 0 Å². The van der Waals surface area contributed by atoms with Gasteiger partial charge in [0.1, 0.15) is 18.5 Å². The first-order chi connectivity index (χ1) is 9.79. The molecule has 0 bridgehead atoms. The van der Waals surface area contributed by atoms with E-state index < -0.39 is 0 Å². The number of aromatic nitrogens is 4. The van der Waals surface area contributed by atoms with Gasteiger partial charge in [0.05, 0.1) is 6.33 Å². The van der Waals surface area contributed by atoms with Crippen molar-refractivity contribution in [3.63, 3.8) is 0 Å². The van der Waals surface area contributed by atoms with Crippen LogP contribution in [0.2, 0.25) is 0 Å². The van der Waals surface area contributed by atoms with Gasteiger partial charge in [0.25, 0.3) is 0 Å². The van der Waals surface area contributed by atoms with Crippen molar-refractivity contribution in [1.29, 1.82) is 5.41 Å². The third-order valence-corrected chi connectivity index (χ3v) is 3.10. The lowest BCUT2D eigenvalue weighted by atomic mass is 10.2. The molecule has 1 N–H and O–H groups in total. The van der Waals surface area contributed by atoms with Crippen molar-refractivity contribution in [2.24, 2.45) is 0 Å². The highest BCUT2D eigenvalue weighted by molar-refractivity contribution is 5.68. The maximum Gasteiger partial charge on any atom is 0.190 e. The molecule has 6 nitrogen and oxygen atoms in total. The Morgan fingerprint density at radius 3 is 2.65 bits per heavy atom. The Balaban J connectivity index is 1.92. The number of nitrogens with zero attached hydrogens (tertiary/aromatic N) is 4. The van der Waals surface area contributed by atoms with Crippen molar-refractivity contribution in [1.82, 2.24) is 19.3 Å². The molecule has 0 saturated carbocycles. The highest BCUT2D eigenvalue weighted by atomic mass is 16.7. The minimum absolute atomic E-state index is 0.255. The number of hydrogen-bond acceptors (Lipinski definition) is 4. The highest BCUT2D eigenvalue weighted by Crippen LogP contribution is 2.04. The minimum Gasteiger partial charge on any atom is -0.406 e. The Bertz CT molecular complexity index is 775. The molecule has 0 radical (unpaired) electrons. The summed E-state index contributed by atoms with van der Waals surface area (Å²) in [6, 6.07) is 9.83. The summed E-state index contributed by atoms with van der Waals surface area (Å²) in [6.07, 6.45) is 3.18. The van der Waals surface area contributed by atoms with Gasteiger partial charge in [-0.05, 0) is 12.5 Å². The van der Waals surface area contributed by atoms with Crippen LogP contribution in [0.3, 0.4) is 0 Å². The molecule has 102 valence electrons. The van der Waals surface area contributed by atoms with Gasteiger partial charge >= 0.3 is 0 Å². The molecule has 6 heteroatoms. The van der Waals surface area contributed by atoms with Crippen LogP contribution in [0, 0.1) is 5.41 Å².